The van der Waals surface area contributed by atoms with E-state index in [-0.39, 0.29) is 22.6 Å². The number of phenols is 2. The maximum absolute atomic E-state index is 12.5. The lowest BCUT2D eigenvalue weighted by Crippen LogP contribution is -2.16. The highest BCUT2D eigenvalue weighted by Gasteiger charge is 2.18. The Labute approximate surface area is 248 Å². The number of ether oxygens (including phenoxy) is 2. The van der Waals surface area contributed by atoms with Crippen molar-refractivity contribution in [2.45, 2.75) is 0 Å². The van der Waals surface area contributed by atoms with Crippen molar-refractivity contribution in [2.75, 3.05) is 23.8 Å². The summed E-state index contributed by atoms with van der Waals surface area (Å²) < 4.78 is 10.9. The lowest BCUT2D eigenvalue weighted by atomic mass is 10.1. The number of phenolic OH excluding ortho intramolecular Hbond substituents is 2. The topological polar surface area (TPSA) is 156 Å². The van der Waals surface area contributed by atoms with E-state index in [2.05, 4.69) is 25.6 Å². The van der Waals surface area contributed by atoms with E-state index in [0.29, 0.717) is 46.6 Å². The van der Waals surface area contributed by atoms with E-state index in [1.54, 1.807) is 78.6 Å². The average Bonchev–Trinajstić information content (AvgIpc) is 3.55. The molecule has 2 amide bonds. The van der Waals surface area contributed by atoms with Gasteiger partial charge in [-0.1, -0.05) is 24.3 Å². The summed E-state index contributed by atoms with van der Waals surface area (Å²) >= 11 is 1.32. The van der Waals surface area contributed by atoms with Crippen molar-refractivity contribution in [1.82, 2.24) is 15.0 Å². The van der Waals surface area contributed by atoms with Gasteiger partial charge in [-0.25, -0.2) is 4.98 Å². The summed E-state index contributed by atoms with van der Waals surface area (Å²) in [5.74, 6) is 0.160. The smallest absolute Gasteiger partial charge is 0.261 e. The molecule has 0 fully saturated rings. The molecule has 3 aromatic carbocycles. The van der Waals surface area contributed by atoms with Gasteiger partial charge in [0.1, 0.15) is 24.2 Å². The molecule has 0 unspecified atom stereocenters. The summed E-state index contributed by atoms with van der Waals surface area (Å²) in [6.07, 6.45) is 4.75. The third-order valence-corrected chi connectivity index (χ3v) is 7.13. The zero-order chi connectivity index (χ0) is 29.8. The molecule has 0 aliphatic carbocycles. The third kappa shape index (κ3) is 5.85. The van der Waals surface area contributed by atoms with E-state index in [4.69, 9.17) is 9.47 Å². The molecule has 12 heteroatoms. The van der Waals surface area contributed by atoms with Crippen molar-refractivity contribution in [1.29, 1.82) is 0 Å². The van der Waals surface area contributed by atoms with Gasteiger partial charge in [-0.05, 0) is 36.4 Å². The van der Waals surface area contributed by atoms with Gasteiger partial charge in [0.15, 0.2) is 28.1 Å². The number of carbonyl (C=O) groups excluding carboxylic acids is 2. The molecule has 0 radical (unpaired) electrons. The summed E-state index contributed by atoms with van der Waals surface area (Å²) in [6.45, 7) is 0.984. The van der Waals surface area contributed by atoms with Crippen LogP contribution in [-0.2, 0) is 0 Å². The van der Waals surface area contributed by atoms with Crippen LogP contribution in [0.15, 0.2) is 90.7 Å². The summed E-state index contributed by atoms with van der Waals surface area (Å²) in [5.41, 5.74) is 1.71. The Morgan fingerprint density at radius 1 is 0.698 bits per heavy atom. The molecule has 1 aliphatic rings. The van der Waals surface area contributed by atoms with Gasteiger partial charge in [0.25, 0.3) is 11.8 Å². The zero-order valence-electron chi connectivity index (χ0n) is 22.4. The minimum Gasteiger partial charge on any atom is -0.505 e. The van der Waals surface area contributed by atoms with E-state index in [1.807, 2.05) is 12.1 Å². The summed E-state index contributed by atoms with van der Waals surface area (Å²) in [5, 5.41) is 29.6. The van der Waals surface area contributed by atoms with E-state index in [1.165, 1.54) is 11.3 Å². The van der Waals surface area contributed by atoms with Crippen LogP contribution in [0, 0.1) is 0 Å². The third-order valence-electron chi connectivity index (χ3n) is 6.44. The SMILES string of the molecule is O=C(Nc1ccc2c(c1)OCCO2)c1ccc2cccnc2c1O.O=C(Nc1nccs1)c1ccc2cccnc2c1O. The molecule has 214 valence electrons. The van der Waals surface area contributed by atoms with Crippen LogP contribution in [0.2, 0.25) is 0 Å². The monoisotopic (exact) mass is 593 g/mol. The van der Waals surface area contributed by atoms with E-state index in [0.717, 1.165) is 10.8 Å². The highest BCUT2D eigenvalue weighted by Crippen LogP contribution is 2.33. The molecular formula is C31H23N5O6S. The van der Waals surface area contributed by atoms with Gasteiger partial charge >= 0.3 is 0 Å². The molecule has 0 saturated carbocycles. The number of fused-ring (bicyclic) bond motifs is 3. The number of thiazole rings is 1. The van der Waals surface area contributed by atoms with Crippen molar-refractivity contribution >= 4 is 55.8 Å². The number of aromatic hydroxyl groups is 2. The van der Waals surface area contributed by atoms with Crippen molar-refractivity contribution in [2.24, 2.45) is 0 Å². The molecular weight excluding hydrogens is 570 g/mol. The molecule has 0 spiro atoms. The van der Waals surface area contributed by atoms with Gasteiger partial charge in [-0.15, -0.1) is 11.3 Å². The number of nitrogens with zero attached hydrogens (tertiary/aromatic N) is 3. The van der Waals surface area contributed by atoms with Crippen LogP contribution >= 0.6 is 11.3 Å². The van der Waals surface area contributed by atoms with Crippen LogP contribution in [0.4, 0.5) is 10.8 Å². The van der Waals surface area contributed by atoms with Gasteiger partial charge in [-0.3, -0.25) is 24.9 Å². The molecule has 0 atom stereocenters. The Kier molecular flexibility index (Phi) is 7.66. The average molecular weight is 594 g/mol. The predicted octanol–water partition coefficient (Wildman–Crippen LogP) is 5.61. The van der Waals surface area contributed by atoms with Crippen LogP contribution in [0.3, 0.4) is 0 Å². The highest BCUT2D eigenvalue weighted by atomic mass is 32.1. The van der Waals surface area contributed by atoms with Crippen molar-refractivity contribution in [3.05, 3.63) is 102 Å². The van der Waals surface area contributed by atoms with Crippen LogP contribution in [-0.4, -0.2) is 50.2 Å². The standard InChI is InChI=1S/C18H14N2O4.C13H9N3O2S/c21-17-13(5-3-11-2-1-7-19-16(11)17)18(22)20-12-4-6-14-15(10-12)24-9-8-23-14;17-11-9(12(18)16-13-15-6-7-19-13)4-3-8-2-1-5-14-10(8)11/h1-7,10,21H,8-9H2,(H,20,22);1-7,17H,(H,15,16,18). The lowest BCUT2D eigenvalue weighted by molar-refractivity contribution is 0.101. The summed E-state index contributed by atoms with van der Waals surface area (Å²) in [4.78, 5) is 36.7. The van der Waals surface area contributed by atoms with Gasteiger partial charge < -0.3 is 25.0 Å². The minimum absolute atomic E-state index is 0.118. The number of carbonyl (C=O) groups is 2. The molecule has 3 aromatic heterocycles. The number of hydrogen-bond donors (Lipinski definition) is 4. The summed E-state index contributed by atoms with van der Waals surface area (Å²) in [7, 11) is 0. The molecule has 11 nitrogen and oxygen atoms in total. The Morgan fingerprint density at radius 3 is 1.91 bits per heavy atom. The maximum atomic E-state index is 12.5. The maximum Gasteiger partial charge on any atom is 0.261 e. The van der Waals surface area contributed by atoms with E-state index < -0.39 is 11.8 Å². The van der Waals surface area contributed by atoms with Gasteiger partial charge in [0, 0.05) is 46.5 Å². The highest BCUT2D eigenvalue weighted by molar-refractivity contribution is 7.13. The van der Waals surface area contributed by atoms with Gasteiger partial charge in [-0.2, -0.15) is 0 Å². The molecule has 4 heterocycles. The Morgan fingerprint density at radius 2 is 1.30 bits per heavy atom. The molecule has 6 aromatic rings. The first-order valence-corrected chi connectivity index (χ1v) is 13.9. The number of anilines is 2. The fourth-order valence-corrected chi connectivity index (χ4v) is 4.92. The number of benzene rings is 3. The number of nitrogens with one attached hydrogen (secondary N) is 2. The first kappa shape index (κ1) is 27.4. The molecule has 0 bridgehead atoms. The second-order valence-electron chi connectivity index (χ2n) is 9.18. The number of aromatic nitrogens is 3. The van der Waals surface area contributed by atoms with Crippen molar-refractivity contribution in [3.63, 3.8) is 0 Å². The van der Waals surface area contributed by atoms with Gasteiger partial charge in [0.05, 0.1) is 11.1 Å². The van der Waals surface area contributed by atoms with Crippen LogP contribution in [0.1, 0.15) is 20.7 Å². The number of hydrogen-bond acceptors (Lipinski definition) is 10. The Balaban J connectivity index is 0.000000157. The van der Waals surface area contributed by atoms with Crippen LogP contribution < -0.4 is 20.1 Å². The Hall–Kier alpha value is -5.75. The molecule has 43 heavy (non-hydrogen) atoms. The largest absolute Gasteiger partial charge is 0.505 e. The second-order valence-corrected chi connectivity index (χ2v) is 10.1. The molecule has 4 N–H and O–H groups in total. The van der Waals surface area contributed by atoms with Crippen LogP contribution in [0.25, 0.3) is 21.8 Å². The first-order chi connectivity index (χ1) is 21.0. The van der Waals surface area contributed by atoms with E-state index >= 15 is 0 Å². The number of amides is 2. The zero-order valence-corrected chi connectivity index (χ0v) is 23.2. The van der Waals surface area contributed by atoms with Crippen molar-refractivity contribution in [3.8, 4) is 23.0 Å². The molecule has 1 aliphatic heterocycles. The predicted molar refractivity (Wildman–Crippen MR) is 162 cm³/mol. The van der Waals surface area contributed by atoms with Crippen LogP contribution in [0.5, 0.6) is 23.0 Å². The van der Waals surface area contributed by atoms with Crippen molar-refractivity contribution < 1.29 is 29.3 Å². The fraction of sp³-hybridized carbons (Fsp3) is 0.0645. The minimum atomic E-state index is -0.420. The Bertz CT molecular complexity index is 1960. The first-order valence-electron chi connectivity index (χ1n) is 13.0. The summed E-state index contributed by atoms with van der Waals surface area (Å²) in [6, 6.07) is 19.0. The fourth-order valence-electron chi connectivity index (χ4n) is 4.40. The quantitative estimate of drug-likeness (QED) is 0.204. The number of pyridine rings is 2. The number of rotatable bonds is 4. The second kappa shape index (κ2) is 12.0. The van der Waals surface area contributed by atoms with Gasteiger partial charge in [0.2, 0.25) is 0 Å². The normalized spacial score (nSPS) is 11.8. The van der Waals surface area contributed by atoms with E-state index in [9.17, 15) is 19.8 Å². The molecule has 0 saturated heterocycles. The lowest BCUT2D eigenvalue weighted by Gasteiger charge is -2.19. The molecule has 7 rings (SSSR count).